The van der Waals surface area contributed by atoms with Crippen molar-refractivity contribution in [2.24, 2.45) is 0 Å². The highest BCUT2D eigenvalue weighted by molar-refractivity contribution is 7.92. The third kappa shape index (κ3) is 3.16. The van der Waals surface area contributed by atoms with Crippen LogP contribution in [0.25, 0.3) is 0 Å². The molecule has 0 radical (unpaired) electrons. The molecule has 0 unspecified atom stereocenters. The Bertz CT molecular complexity index is 715. The molecule has 6 heteroatoms. The van der Waals surface area contributed by atoms with Gasteiger partial charge in [0.05, 0.1) is 16.3 Å². The lowest BCUT2D eigenvalue weighted by molar-refractivity contribution is 0.589. The minimum atomic E-state index is -3.77. The smallest absolute Gasteiger partial charge is 0.264 e. The van der Waals surface area contributed by atoms with E-state index in [1.165, 1.54) is 16.4 Å². The lowest BCUT2D eigenvalue weighted by atomic mass is 10.2. The first kappa shape index (κ1) is 15.3. The van der Waals surface area contributed by atoms with Gasteiger partial charge in [0.15, 0.2) is 0 Å². The number of benzene rings is 2. The average Bonchev–Trinajstić information content (AvgIpc) is 2.46. The number of sulfonamides is 1. The zero-order valence-electron chi connectivity index (χ0n) is 11.7. The van der Waals surface area contributed by atoms with Gasteiger partial charge in [-0.15, -0.1) is 0 Å². The third-order valence-corrected chi connectivity index (χ3v) is 4.86. The quantitative estimate of drug-likeness (QED) is 0.864. The molecule has 112 valence electrons. The maximum atomic E-state index is 13.0. The predicted octanol–water partition coefficient (Wildman–Crippen LogP) is 3.01. The van der Waals surface area contributed by atoms with E-state index in [-0.39, 0.29) is 4.90 Å². The molecule has 0 heterocycles. The fourth-order valence-corrected chi connectivity index (χ4v) is 3.60. The Labute approximate surface area is 124 Å². The highest BCUT2D eigenvalue weighted by Crippen LogP contribution is 2.28. The SMILES string of the molecule is CCCN(c1ccccc1N)S(=O)(=O)c1ccc(F)cc1. The summed E-state index contributed by atoms with van der Waals surface area (Å²) in [5.74, 6) is -0.477. The van der Waals surface area contributed by atoms with Crippen molar-refractivity contribution in [3.63, 3.8) is 0 Å². The highest BCUT2D eigenvalue weighted by Gasteiger charge is 2.25. The third-order valence-electron chi connectivity index (χ3n) is 3.03. The molecule has 0 saturated heterocycles. The van der Waals surface area contributed by atoms with Crippen LogP contribution < -0.4 is 10.0 Å². The van der Waals surface area contributed by atoms with Gasteiger partial charge in [0.25, 0.3) is 10.0 Å². The van der Waals surface area contributed by atoms with Gasteiger partial charge >= 0.3 is 0 Å². The molecular formula is C15H17FN2O2S. The summed E-state index contributed by atoms with van der Waals surface area (Å²) in [6.45, 7) is 2.18. The van der Waals surface area contributed by atoms with Crippen LogP contribution in [0.1, 0.15) is 13.3 Å². The zero-order chi connectivity index (χ0) is 15.5. The first-order valence-electron chi connectivity index (χ1n) is 6.59. The topological polar surface area (TPSA) is 63.4 Å². The Balaban J connectivity index is 2.51. The molecule has 0 spiro atoms. The van der Waals surface area contributed by atoms with Crippen LogP contribution in [0, 0.1) is 5.82 Å². The number of nitrogen functional groups attached to an aromatic ring is 1. The summed E-state index contributed by atoms with van der Waals surface area (Å²) in [7, 11) is -3.77. The summed E-state index contributed by atoms with van der Waals surface area (Å²) in [6.07, 6.45) is 0.634. The van der Waals surface area contributed by atoms with E-state index in [4.69, 9.17) is 5.73 Å². The second-order valence-corrected chi connectivity index (χ2v) is 6.45. The van der Waals surface area contributed by atoms with E-state index < -0.39 is 15.8 Å². The van der Waals surface area contributed by atoms with Crippen molar-refractivity contribution in [3.8, 4) is 0 Å². The summed E-state index contributed by atoms with van der Waals surface area (Å²) in [6, 6.07) is 11.6. The number of nitrogens with two attached hydrogens (primary N) is 1. The fourth-order valence-electron chi connectivity index (χ4n) is 2.02. The molecule has 0 atom stereocenters. The standard InChI is InChI=1S/C15H17FN2O2S/c1-2-11-18(15-6-4-3-5-14(15)17)21(19,20)13-9-7-12(16)8-10-13/h3-10H,2,11,17H2,1H3. The molecule has 2 N–H and O–H groups in total. The maximum Gasteiger partial charge on any atom is 0.264 e. The van der Waals surface area contributed by atoms with Crippen LogP contribution in [0.4, 0.5) is 15.8 Å². The van der Waals surface area contributed by atoms with Crippen molar-refractivity contribution in [3.05, 3.63) is 54.3 Å². The molecule has 0 aliphatic heterocycles. The van der Waals surface area contributed by atoms with Gasteiger partial charge in [0.2, 0.25) is 0 Å². The molecule has 0 bridgehead atoms. The van der Waals surface area contributed by atoms with E-state index in [1.807, 2.05) is 6.92 Å². The Morgan fingerprint density at radius 2 is 1.71 bits per heavy atom. The second kappa shape index (κ2) is 6.13. The van der Waals surface area contributed by atoms with Crippen molar-refractivity contribution in [2.75, 3.05) is 16.6 Å². The average molecular weight is 308 g/mol. The van der Waals surface area contributed by atoms with Crippen LogP contribution in [0.2, 0.25) is 0 Å². The largest absolute Gasteiger partial charge is 0.397 e. The molecular weight excluding hydrogens is 291 g/mol. The Morgan fingerprint density at radius 3 is 2.29 bits per heavy atom. The van der Waals surface area contributed by atoms with Crippen LogP contribution in [0.3, 0.4) is 0 Å². The van der Waals surface area contributed by atoms with Gasteiger partial charge in [-0.3, -0.25) is 4.31 Å². The van der Waals surface area contributed by atoms with Crippen LogP contribution in [0.15, 0.2) is 53.4 Å². The van der Waals surface area contributed by atoms with Gasteiger partial charge in [-0.25, -0.2) is 12.8 Å². The van der Waals surface area contributed by atoms with E-state index in [1.54, 1.807) is 24.3 Å². The van der Waals surface area contributed by atoms with Gasteiger partial charge in [-0.05, 0) is 42.8 Å². The molecule has 2 rings (SSSR count). The van der Waals surface area contributed by atoms with Crippen LogP contribution in [-0.4, -0.2) is 15.0 Å². The first-order valence-corrected chi connectivity index (χ1v) is 8.03. The van der Waals surface area contributed by atoms with E-state index in [2.05, 4.69) is 0 Å². The van der Waals surface area contributed by atoms with Crippen molar-refractivity contribution in [1.82, 2.24) is 0 Å². The summed E-state index contributed by atoms with van der Waals surface area (Å²) in [5, 5.41) is 0. The molecule has 2 aromatic rings. The van der Waals surface area contributed by atoms with Crippen molar-refractivity contribution in [1.29, 1.82) is 0 Å². The molecule has 0 aliphatic rings. The maximum absolute atomic E-state index is 13.0. The number of hydrogen-bond donors (Lipinski definition) is 1. The number of nitrogens with zero attached hydrogens (tertiary/aromatic N) is 1. The minimum Gasteiger partial charge on any atom is -0.397 e. The van der Waals surface area contributed by atoms with Gasteiger partial charge in [-0.1, -0.05) is 19.1 Å². The predicted molar refractivity (Wildman–Crippen MR) is 82.1 cm³/mol. The number of anilines is 2. The molecule has 0 aromatic heterocycles. The van der Waals surface area contributed by atoms with Crippen LogP contribution in [0.5, 0.6) is 0 Å². The second-order valence-electron chi connectivity index (χ2n) is 4.59. The molecule has 21 heavy (non-hydrogen) atoms. The lowest BCUT2D eigenvalue weighted by Gasteiger charge is -2.25. The lowest BCUT2D eigenvalue weighted by Crippen LogP contribution is -2.32. The molecule has 0 amide bonds. The Morgan fingerprint density at radius 1 is 1.10 bits per heavy atom. The first-order chi connectivity index (χ1) is 9.96. The van der Waals surface area contributed by atoms with E-state index >= 15 is 0 Å². The van der Waals surface area contributed by atoms with Gasteiger partial charge in [-0.2, -0.15) is 0 Å². The van der Waals surface area contributed by atoms with Crippen LogP contribution >= 0.6 is 0 Å². The van der Waals surface area contributed by atoms with Gasteiger partial charge in [0, 0.05) is 6.54 Å². The molecule has 0 fully saturated rings. The monoisotopic (exact) mass is 308 g/mol. The normalized spacial score (nSPS) is 11.3. The van der Waals surface area contributed by atoms with Gasteiger partial charge < -0.3 is 5.73 Å². The summed E-state index contributed by atoms with van der Waals surface area (Å²) < 4.78 is 39.7. The Hall–Kier alpha value is -2.08. The van der Waals surface area contributed by atoms with Crippen LogP contribution in [-0.2, 0) is 10.0 Å². The van der Waals surface area contributed by atoms with Crippen molar-refractivity contribution >= 4 is 21.4 Å². The minimum absolute atomic E-state index is 0.0422. The van der Waals surface area contributed by atoms with E-state index in [0.717, 1.165) is 12.1 Å². The summed E-state index contributed by atoms with van der Waals surface area (Å²) >= 11 is 0. The number of rotatable bonds is 5. The summed E-state index contributed by atoms with van der Waals surface area (Å²) in [4.78, 5) is 0.0422. The van der Waals surface area contributed by atoms with E-state index in [0.29, 0.717) is 24.3 Å². The highest BCUT2D eigenvalue weighted by atomic mass is 32.2. The molecule has 0 saturated carbocycles. The van der Waals surface area contributed by atoms with Crippen molar-refractivity contribution in [2.45, 2.75) is 18.2 Å². The fraction of sp³-hybridized carbons (Fsp3) is 0.200. The summed E-state index contributed by atoms with van der Waals surface area (Å²) in [5.41, 5.74) is 6.70. The Kier molecular flexibility index (Phi) is 4.47. The molecule has 4 nitrogen and oxygen atoms in total. The van der Waals surface area contributed by atoms with E-state index in [9.17, 15) is 12.8 Å². The van der Waals surface area contributed by atoms with Crippen molar-refractivity contribution < 1.29 is 12.8 Å². The zero-order valence-corrected chi connectivity index (χ0v) is 12.5. The van der Waals surface area contributed by atoms with Gasteiger partial charge in [0.1, 0.15) is 5.82 Å². The molecule has 0 aliphatic carbocycles. The number of halogens is 1. The molecule has 2 aromatic carbocycles. The number of hydrogen-bond acceptors (Lipinski definition) is 3. The number of para-hydroxylation sites is 2.